The summed E-state index contributed by atoms with van der Waals surface area (Å²) in [6.45, 7) is 4.27. The molecule has 0 saturated carbocycles. The van der Waals surface area contributed by atoms with E-state index in [9.17, 15) is 13.2 Å². The molecule has 2 amide bonds. The molecule has 9 nitrogen and oxygen atoms in total. The molecule has 2 N–H and O–H groups in total. The molecule has 128 valence electrons. The number of amides is 2. The van der Waals surface area contributed by atoms with Crippen molar-refractivity contribution in [3.63, 3.8) is 0 Å². The molecule has 1 aliphatic rings. The van der Waals surface area contributed by atoms with Gasteiger partial charge in [0.15, 0.2) is 0 Å². The van der Waals surface area contributed by atoms with Crippen LogP contribution in [-0.2, 0) is 10.0 Å². The molecule has 23 heavy (non-hydrogen) atoms. The van der Waals surface area contributed by atoms with E-state index in [4.69, 9.17) is 0 Å². The molecule has 0 aromatic carbocycles. The third-order valence-corrected chi connectivity index (χ3v) is 5.32. The number of hydrogen-bond donors (Lipinski definition) is 2. The number of nitrogens with zero attached hydrogens (tertiary/aromatic N) is 4. The highest BCUT2D eigenvalue weighted by molar-refractivity contribution is 7.89. The quantitative estimate of drug-likeness (QED) is 0.704. The summed E-state index contributed by atoms with van der Waals surface area (Å²) in [7, 11) is -3.38. The lowest BCUT2D eigenvalue weighted by Crippen LogP contribution is -2.50. The summed E-state index contributed by atoms with van der Waals surface area (Å²) in [5, 5.41) is 5.08. The molecule has 10 heteroatoms. The first-order valence-corrected chi connectivity index (χ1v) is 9.15. The first-order valence-electron chi connectivity index (χ1n) is 7.54. The molecular weight excluding hydrogens is 320 g/mol. The lowest BCUT2D eigenvalue weighted by atomic mass is 10.4. The molecule has 0 unspecified atom stereocenters. The van der Waals surface area contributed by atoms with E-state index >= 15 is 0 Å². The Hall–Kier alpha value is -1.94. The Labute approximate surface area is 136 Å². The van der Waals surface area contributed by atoms with E-state index in [1.807, 2.05) is 4.90 Å². The SMILES string of the molecule is CCNC(=O)NCCS(=O)(=O)N1CCN(c2ncccn2)CC1. The van der Waals surface area contributed by atoms with Gasteiger partial charge in [0, 0.05) is 51.7 Å². The number of hydrogen-bond acceptors (Lipinski definition) is 6. The van der Waals surface area contributed by atoms with Crippen molar-refractivity contribution < 1.29 is 13.2 Å². The van der Waals surface area contributed by atoms with Crippen LogP contribution in [0.5, 0.6) is 0 Å². The van der Waals surface area contributed by atoms with Crippen molar-refractivity contribution in [2.75, 3.05) is 49.9 Å². The van der Waals surface area contributed by atoms with Crippen LogP contribution in [0.4, 0.5) is 10.7 Å². The van der Waals surface area contributed by atoms with Crippen molar-refractivity contribution in [3.05, 3.63) is 18.5 Å². The van der Waals surface area contributed by atoms with Gasteiger partial charge in [0.1, 0.15) is 0 Å². The van der Waals surface area contributed by atoms with E-state index in [2.05, 4.69) is 20.6 Å². The van der Waals surface area contributed by atoms with Crippen molar-refractivity contribution in [2.24, 2.45) is 0 Å². The van der Waals surface area contributed by atoms with Crippen LogP contribution in [0.25, 0.3) is 0 Å². The van der Waals surface area contributed by atoms with Crippen LogP contribution in [-0.4, -0.2) is 73.7 Å². The van der Waals surface area contributed by atoms with Crippen molar-refractivity contribution in [1.29, 1.82) is 0 Å². The number of anilines is 1. The van der Waals surface area contributed by atoms with Crippen molar-refractivity contribution in [2.45, 2.75) is 6.92 Å². The number of nitrogens with one attached hydrogen (secondary N) is 2. The Balaban J connectivity index is 1.80. The van der Waals surface area contributed by atoms with Crippen LogP contribution in [0.15, 0.2) is 18.5 Å². The van der Waals surface area contributed by atoms with Gasteiger partial charge in [-0.05, 0) is 13.0 Å². The Bertz CT molecular complexity index is 601. The fourth-order valence-electron chi connectivity index (χ4n) is 2.27. The number of urea groups is 1. The van der Waals surface area contributed by atoms with E-state index in [-0.39, 0.29) is 18.3 Å². The van der Waals surface area contributed by atoms with Gasteiger partial charge in [-0.15, -0.1) is 0 Å². The predicted octanol–water partition coefficient (Wildman–Crippen LogP) is -0.752. The molecule has 1 aromatic rings. The molecule has 2 rings (SSSR count). The zero-order valence-corrected chi connectivity index (χ0v) is 13.9. The number of carbonyl (C=O) groups excluding carboxylic acids is 1. The lowest BCUT2D eigenvalue weighted by Gasteiger charge is -2.33. The summed E-state index contributed by atoms with van der Waals surface area (Å²) >= 11 is 0. The van der Waals surface area contributed by atoms with Crippen LogP contribution < -0.4 is 15.5 Å². The predicted molar refractivity (Wildman–Crippen MR) is 86.7 cm³/mol. The van der Waals surface area contributed by atoms with Crippen LogP contribution in [0, 0.1) is 0 Å². The molecule has 1 fully saturated rings. The van der Waals surface area contributed by atoms with Crippen LogP contribution in [0.2, 0.25) is 0 Å². The minimum atomic E-state index is -3.38. The normalized spacial score (nSPS) is 16.1. The van der Waals surface area contributed by atoms with Crippen LogP contribution in [0.3, 0.4) is 0 Å². The van der Waals surface area contributed by atoms with Gasteiger partial charge in [-0.1, -0.05) is 0 Å². The van der Waals surface area contributed by atoms with E-state index in [1.165, 1.54) is 4.31 Å². The molecule has 0 bridgehead atoms. The van der Waals surface area contributed by atoms with Gasteiger partial charge in [-0.3, -0.25) is 0 Å². The Morgan fingerprint density at radius 1 is 1.17 bits per heavy atom. The molecule has 0 radical (unpaired) electrons. The average Bonchev–Trinajstić information content (AvgIpc) is 2.56. The molecule has 1 aliphatic heterocycles. The number of sulfonamides is 1. The lowest BCUT2D eigenvalue weighted by molar-refractivity contribution is 0.242. The maximum atomic E-state index is 12.3. The molecule has 1 aromatic heterocycles. The summed E-state index contributed by atoms with van der Waals surface area (Å²) in [4.78, 5) is 21.5. The number of carbonyl (C=O) groups is 1. The number of rotatable bonds is 6. The average molecular weight is 342 g/mol. The smallest absolute Gasteiger partial charge is 0.314 e. The van der Waals surface area contributed by atoms with Gasteiger partial charge in [-0.2, -0.15) is 4.31 Å². The first-order chi connectivity index (χ1) is 11.0. The highest BCUT2D eigenvalue weighted by Crippen LogP contribution is 2.12. The molecule has 0 spiro atoms. The molecule has 2 heterocycles. The Morgan fingerprint density at radius 2 is 1.83 bits per heavy atom. The van der Waals surface area contributed by atoms with E-state index < -0.39 is 10.0 Å². The number of piperazine rings is 1. The minimum absolute atomic E-state index is 0.0934. The Morgan fingerprint density at radius 3 is 2.43 bits per heavy atom. The minimum Gasteiger partial charge on any atom is -0.338 e. The van der Waals surface area contributed by atoms with Gasteiger partial charge in [0.05, 0.1) is 5.75 Å². The fourth-order valence-corrected chi connectivity index (χ4v) is 3.60. The van der Waals surface area contributed by atoms with Crippen molar-refractivity contribution in [1.82, 2.24) is 24.9 Å². The summed E-state index contributed by atoms with van der Waals surface area (Å²) in [6.07, 6.45) is 3.33. The first kappa shape index (κ1) is 17.4. The summed E-state index contributed by atoms with van der Waals surface area (Å²) in [6, 6.07) is 1.39. The maximum Gasteiger partial charge on any atom is 0.314 e. The van der Waals surface area contributed by atoms with Gasteiger partial charge in [-0.25, -0.2) is 23.2 Å². The van der Waals surface area contributed by atoms with Gasteiger partial charge in [0.2, 0.25) is 16.0 Å². The van der Waals surface area contributed by atoms with Gasteiger partial charge in [0.25, 0.3) is 0 Å². The second kappa shape index (κ2) is 8.06. The van der Waals surface area contributed by atoms with E-state index in [1.54, 1.807) is 25.4 Å². The molecule has 1 saturated heterocycles. The second-order valence-corrected chi connectivity index (χ2v) is 7.13. The van der Waals surface area contributed by atoms with Gasteiger partial charge >= 0.3 is 6.03 Å². The molecular formula is C13H22N6O3S. The maximum absolute atomic E-state index is 12.3. The van der Waals surface area contributed by atoms with Crippen molar-refractivity contribution >= 4 is 22.0 Å². The van der Waals surface area contributed by atoms with E-state index in [0.717, 1.165) is 0 Å². The largest absolute Gasteiger partial charge is 0.338 e. The molecule has 0 aliphatic carbocycles. The summed E-state index contributed by atoms with van der Waals surface area (Å²) in [5.41, 5.74) is 0. The topological polar surface area (TPSA) is 108 Å². The fraction of sp³-hybridized carbons (Fsp3) is 0.615. The van der Waals surface area contributed by atoms with Crippen molar-refractivity contribution in [3.8, 4) is 0 Å². The zero-order chi connectivity index (χ0) is 16.7. The molecule has 0 atom stereocenters. The Kier molecular flexibility index (Phi) is 6.11. The monoisotopic (exact) mass is 342 g/mol. The van der Waals surface area contributed by atoms with E-state index in [0.29, 0.717) is 38.7 Å². The second-order valence-electron chi connectivity index (χ2n) is 5.04. The third-order valence-electron chi connectivity index (χ3n) is 3.45. The summed E-state index contributed by atoms with van der Waals surface area (Å²) in [5.74, 6) is 0.508. The summed E-state index contributed by atoms with van der Waals surface area (Å²) < 4.78 is 26.0. The third kappa shape index (κ3) is 5.03. The van der Waals surface area contributed by atoms with Crippen LogP contribution >= 0.6 is 0 Å². The van der Waals surface area contributed by atoms with Crippen LogP contribution in [0.1, 0.15) is 6.92 Å². The zero-order valence-electron chi connectivity index (χ0n) is 13.1. The standard InChI is InChI=1S/C13H22N6O3S/c1-2-14-13(20)17-6-11-23(21,22)19-9-7-18(8-10-19)12-15-4-3-5-16-12/h3-5H,2,6-11H2,1H3,(H2,14,17,20). The van der Waals surface area contributed by atoms with Gasteiger partial charge < -0.3 is 15.5 Å². The number of aromatic nitrogens is 2. The highest BCUT2D eigenvalue weighted by atomic mass is 32.2. The highest BCUT2D eigenvalue weighted by Gasteiger charge is 2.27.